The van der Waals surface area contributed by atoms with Crippen molar-refractivity contribution in [2.45, 2.75) is 19.9 Å². The Morgan fingerprint density at radius 3 is 2.71 bits per heavy atom. The number of Topliss-reactive ketones (excluding diaryl/α,β-unsaturated/α-hetero) is 1. The van der Waals surface area contributed by atoms with Gasteiger partial charge in [-0.15, -0.1) is 0 Å². The Morgan fingerprint density at radius 1 is 1.11 bits per heavy atom. The number of ketones is 1. The first-order valence-electron chi connectivity index (χ1n) is 8.99. The quantitative estimate of drug-likeness (QED) is 0.514. The molecule has 1 N–H and O–H groups in total. The maximum atomic E-state index is 11.4. The average Bonchev–Trinajstić information content (AvgIpc) is 3.08. The predicted molar refractivity (Wildman–Crippen MR) is 112 cm³/mol. The van der Waals surface area contributed by atoms with Crippen LogP contribution in [-0.4, -0.2) is 20.4 Å². The number of benzene rings is 1. The highest BCUT2D eigenvalue weighted by Gasteiger charge is 2.12. The Labute approximate surface area is 168 Å². The second-order valence-electron chi connectivity index (χ2n) is 6.70. The van der Waals surface area contributed by atoms with E-state index in [1.165, 1.54) is 5.56 Å². The van der Waals surface area contributed by atoms with Crippen LogP contribution in [0.3, 0.4) is 0 Å². The van der Waals surface area contributed by atoms with Gasteiger partial charge in [0.15, 0.2) is 0 Å². The zero-order valence-corrected chi connectivity index (χ0v) is 16.1. The van der Waals surface area contributed by atoms with E-state index in [4.69, 9.17) is 11.6 Å². The van der Waals surface area contributed by atoms with Crippen LogP contribution < -0.4 is 5.32 Å². The van der Waals surface area contributed by atoms with Crippen LogP contribution in [0.4, 0.5) is 5.69 Å². The molecule has 0 aliphatic heterocycles. The van der Waals surface area contributed by atoms with Crippen molar-refractivity contribution in [3.63, 3.8) is 0 Å². The Kier molecular flexibility index (Phi) is 5.08. The zero-order valence-electron chi connectivity index (χ0n) is 15.4. The van der Waals surface area contributed by atoms with Crippen LogP contribution in [0.1, 0.15) is 18.1 Å². The fraction of sp³-hybridized carbons (Fsp3) is 0.136. The molecule has 0 spiro atoms. The highest BCUT2D eigenvalue weighted by atomic mass is 35.5. The summed E-state index contributed by atoms with van der Waals surface area (Å²) in [5.41, 5.74) is 5.37. The van der Waals surface area contributed by atoms with Gasteiger partial charge in [0, 0.05) is 37.1 Å². The maximum Gasteiger partial charge on any atom is 0.134 e. The lowest BCUT2D eigenvalue weighted by Crippen LogP contribution is -2.04. The molecule has 0 radical (unpaired) electrons. The molecule has 0 bridgehead atoms. The number of rotatable bonds is 6. The number of fused-ring (bicyclic) bond motifs is 1. The van der Waals surface area contributed by atoms with E-state index in [1.54, 1.807) is 23.8 Å². The van der Waals surface area contributed by atoms with Crippen molar-refractivity contribution < 1.29 is 4.79 Å². The third-order valence-corrected chi connectivity index (χ3v) is 4.74. The van der Waals surface area contributed by atoms with Crippen molar-refractivity contribution in [2.24, 2.45) is 0 Å². The number of carbonyl (C=O) groups is 1. The Hall–Kier alpha value is -3.18. The molecule has 0 unspecified atom stereocenters. The highest BCUT2D eigenvalue weighted by molar-refractivity contribution is 6.34. The van der Waals surface area contributed by atoms with Gasteiger partial charge in [0.1, 0.15) is 11.3 Å². The van der Waals surface area contributed by atoms with E-state index < -0.39 is 0 Å². The molecule has 3 aromatic heterocycles. The largest absolute Gasteiger partial charge is 0.379 e. The predicted octanol–water partition coefficient (Wildman–Crippen LogP) is 4.79. The summed E-state index contributed by atoms with van der Waals surface area (Å²) in [7, 11) is 0. The number of pyridine rings is 1. The van der Waals surface area contributed by atoms with E-state index >= 15 is 0 Å². The van der Waals surface area contributed by atoms with Crippen molar-refractivity contribution in [3.8, 4) is 11.3 Å². The van der Waals surface area contributed by atoms with Crippen molar-refractivity contribution in [1.82, 2.24) is 14.6 Å². The number of hydrogen-bond donors (Lipinski definition) is 1. The van der Waals surface area contributed by atoms with Crippen LogP contribution in [0.15, 0.2) is 67.1 Å². The third kappa shape index (κ3) is 3.89. The van der Waals surface area contributed by atoms with E-state index in [1.807, 2.05) is 42.6 Å². The summed E-state index contributed by atoms with van der Waals surface area (Å²) in [5, 5.41) is 8.77. The molecule has 28 heavy (non-hydrogen) atoms. The van der Waals surface area contributed by atoms with Gasteiger partial charge in [-0.3, -0.25) is 9.78 Å². The summed E-state index contributed by atoms with van der Waals surface area (Å²) in [5.74, 6) is 0.102. The van der Waals surface area contributed by atoms with E-state index in [9.17, 15) is 4.79 Å². The molecule has 3 heterocycles. The zero-order chi connectivity index (χ0) is 19.5. The minimum atomic E-state index is 0.102. The monoisotopic (exact) mass is 390 g/mol. The van der Waals surface area contributed by atoms with Crippen LogP contribution >= 0.6 is 11.6 Å². The molecule has 140 valence electrons. The lowest BCUT2D eigenvalue weighted by Gasteiger charge is -2.12. The first kappa shape index (κ1) is 18.2. The number of halogens is 1. The lowest BCUT2D eigenvalue weighted by atomic mass is 10.1. The summed E-state index contributed by atoms with van der Waals surface area (Å²) in [6, 6.07) is 15.9. The van der Waals surface area contributed by atoms with Crippen molar-refractivity contribution in [3.05, 3.63) is 83.3 Å². The van der Waals surface area contributed by atoms with Crippen LogP contribution in [0.25, 0.3) is 16.8 Å². The molecule has 0 aliphatic rings. The van der Waals surface area contributed by atoms with E-state index in [2.05, 4.69) is 27.5 Å². The van der Waals surface area contributed by atoms with Gasteiger partial charge >= 0.3 is 0 Å². The van der Waals surface area contributed by atoms with Gasteiger partial charge in [0.2, 0.25) is 0 Å². The lowest BCUT2D eigenvalue weighted by molar-refractivity contribution is -0.116. The van der Waals surface area contributed by atoms with Crippen molar-refractivity contribution >= 4 is 28.6 Å². The molecule has 0 aliphatic carbocycles. The molecule has 0 fully saturated rings. The van der Waals surface area contributed by atoms with Gasteiger partial charge in [-0.1, -0.05) is 41.9 Å². The van der Waals surface area contributed by atoms with Crippen LogP contribution in [0.2, 0.25) is 5.02 Å². The minimum Gasteiger partial charge on any atom is -0.379 e. The molecule has 6 heteroatoms. The smallest absolute Gasteiger partial charge is 0.134 e. The molecule has 1 aromatic carbocycles. The summed E-state index contributed by atoms with van der Waals surface area (Å²) in [6.07, 6.45) is 5.66. The fourth-order valence-corrected chi connectivity index (χ4v) is 3.41. The molecular weight excluding hydrogens is 372 g/mol. The number of nitrogens with zero attached hydrogens (tertiary/aromatic N) is 3. The molecule has 4 aromatic rings. The Bertz CT molecular complexity index is 1140. The summed E-state index contributed by atoms with van der Waals surface area (Å²) < 4.78 is 1.77. The average molecular weight is 391 g/mol. The number of hydrogen-bond acceptors (Lipinski definition) is 4. The molecule has 4 rings (SSSR count). The fourth-order valence-electron chi connectivity index (χ4n) is 3.17. The Morgan fingerprint density at radius 2 is 1.93 bits per heavy atom. The number of carbonyl (C=O) groups excluding carboxylic acids is 1. The minimum absolute atomic E-state index is 0.102. The summed E-state index contributed by atoms with van der Waals surface area (Å²) in [4.78, 5) is 15.7. The van der Waals surface area contributed by atoms with Crippen LogP contribution in [0, 0.1) is 0 Å². The summed E-state index contributed by atoms with van der Waals surface area (Å²) >= 11 is 6.39. The SMILES string of the molecule is CC(=O)Cc1cncc(-c2cc(NCc3ccccc3)c3c(Cl)ccn3n2)c1. The van der Waals surface area contributed by atoms with Gasteiger partial charge < -0.3 is 5.32 Å². The standard InChI is InChI=1S/C22H19ClN4O/c1-15(28)9-17-10-18(14-24-12-17)20-11-21(22-19(23)7-8-27(22)26-20)25-13-16-5-3-2-4-6-16/h2-8,10-12,14,25H,9,13H2,1H3. The van der Waals surface area contributed by atoms with Gasteiger partial charge in [0.25, 0.3) is 0 Å². The molecule has 0 saturated carbocycles. The number of nitrogens with one attached hydrogen (secondary N) is 1. The molecule has 0 saturated heterocycles. The normalized spacial score (nSPS) is 10.9. The second kappa shape index (κ2) is 7.82. The maximum absolute atomic E-state index is 11.4. The molecule has 0 amide bonds. The van der Waals surface area contributed by atoms with Crippen LogP contribution in [-0.2, 0) is 17.8 Å². The van der Waals surface area contributed by atoms with E-state index in [-0.39, 0.29) is 5.78 Å². The summed E-state index contributed by atoms with van der Waals surface area (Å²) in [6.45, 7) is 2.24. The van der Waals surface area contributed by atoms with Gasteiger partial charge in [-0.05, 0) is 36.2 Å². The second-order valence-corrected chi connectivity index (χ2v) is 7.11. The van der Waals surface area contributed by atoms with Crippen molar-refractivity contribution in [1.29, 1.82) is 0 Å². The topological polar surface area (TPSA) is 59.3 Å². The number of aromatic nitrogens is 3. The van der Waals surface area contributed by atoms with E-state index in [0.717, 1.165) is 28.0 Å². The Balaban J connectivity index is 1.73. The van der Waals surface area contributed by atoms with Crippen molar-refractivity contribution in [2.75, 3.05) is 5.32 Å². The highest BCUT2D eigenvalue weighted by Crippen LogP contribution is 2.30. The third-order valence-electron chi connectivity index (χ3n) is 4.44. The molecule has 0 atom stereocenters. The van der Waals surface area contributed by atoms with Gasteiger partial charge in [-0.2, -0.15) is 5.10 Å². The van der Waals surface area contributed by atoms with E-state index in [0.29, 0.717) is 18.0 Å². The number of anilines is 1. The molecular formula is C22H19ClN4O. The van der Waals surface area contributed by atoms with Crippen LogP contribution in [0.5, 0.6) is 0 Å². The first-order chi connectivity index (χ1) is 13.6. The van der Waals surface area contributed by atoms with Gasteiger partial charge in [-0.25, -0.2) is 4.52 Å². The molecule has 5 nitrogen and oxygen atoms in total. The van der Waals surface area contributed by atoms with Gasteiger partial charge in [0.05, 0.1) is 16.4 Å². The first-order valence-corrected chi connectivity index (χ1v) is 9.37.